The van der Waals surface area contributed by atoms with E-state index in [0.717, 1.165) is 17.5 Å². The number of aryl methyl sites for hydroxylation is 2. The van der Waals surface area contributed by atoms with Crippen LogP contribution in [0.5, 0.6) is 0 Å². The zero-order valence-electron chi connectivity index (χ0n) is 10.2. The lowest BCUT2D eigenvalue weighted by Gasteiger charge is -2.09. The third-order valence-electron chi connectivity index (χ3n) is 2.51. The molecule has 1 amide bonds. The molecular weight excluding hydrogens is 200 g/mol. The van der Waals surface area contributed by atoms with E-state index in [4.69, 9.17) is 5.73 Å². The van der Waals surface area contributed by atoms with Crippen molar-refractivity contribution in [3.8, 4) is 0 Å². The minimum atomic E-state index is -0.0156. The smallest absolute Gasteiger partial charge is 0.251 e. The number of rotatable bonds is 4. The molecule has 88 valence electrons. The van der Waals surface area contributed by atoms with Gasteiger partial charge in [0.15, 0.2) is 0 Å². The molecule has 1 atom stereocenters. The highest BCUT2D eigenvalue weighted by atomic mass is 16.1. The molecule has 3 N–H and O–H groups in total. The lowest BCUT2D eigenvalue weighted by atomic mass is 10.1. The van der Waals surface area contributed by atoms with E-state index in [0.29, 0.717) is 6.54 Å². The molecule has 0 aliphatic heterocycles. The summed E-state index contributed by atoms with van der Waals surface area (Å²) >= 11 is 0. The van der Waals surface area contributed by atoms with Crippen LogP contribution in [0.2, 0.25) is 0 Å². The van der Waals surface area contributed by atoms with E-state index in [9.17, 15) is 4.79 Å². The maximum atomic E-state index is 11.8. The second-order valence-corrected chi connectivity index (χ2v) is 4.34. The van der Waals surface area contributed by atoms with Crippen LogP contribution in [0.15, 0.2) is 18.2 Å². The normalized spacial score (nSPS) is 12.2. The molecule has 3 heteroatoms. The largest absolute Gasteiger partial charge is 0.352 e. The molecule has 0 aliphatic carbocycles. The van der Waals surface area contributed by atoms with Gasteiger partial charge >= 0.3 is 0 Å². The fourth-order valence-corrected chi connectivity index (χ4v) is 1.58. The quantitative estimate of drug-likeness (QED) is 0.812. The molecule has 0 bridgehead atoms. The Hall–Kier alpha value is -1.35. The van der Waals surface area contributed by atoms with Crippen molar-refractivity contribution < 1.29 is 4.79 Å². The van der Waals surface area contributed by atoms with Gasteiger partial charge in [0.2, 0.25) is 0 Å². The highest BCUT2D eigenvalue weighted by Crippen LogP contribution is 2.10. The Balaban J connectivity index is 2.59. The molecule has 0 heterocycles. The lowest BCUT2D eigenvalue weighted by molar-refractivity contribution is 0.0952. The summed E-state index contributed by atoms with van der Waals surface area (Å²) in [6.45, 7) is 6.53. The molecule has 0 saturated carbocycles. The third-order valence-corrected chi connectivity index (χ3v) is 2.51. The van der Waals surface area contributed by atoms with Crippen LogP contribution in [0.4, 0.5) is 0 Å². The molecule has 16 heavy (non-hydrogen) atoms. The molecular formula is C13H20N2O. The van der Waals surface area contributed by atoms with Crippen molar-refractivity contribution in [1.82, 2.24) is 5.32 Å². The SMILES string of the molecule is Cc1ccc(C(=O)NCCC(C)N)c(C)c1. The van der Waals surface area contributed by atoms with Crippen LogP contribution in [0, 0.1) is 13.8 Å². The van der Waals surface area contributed by atoms with Gasteiger partial charge in [-0.25, -0.2) is 0 Å². The summed E-state index contributed by atoms with van der Waals surface area (Å²) in [5.74, 6) is -0.0156. The van der Waals surface area contributed by atoms with Gasteiger partial charge in [-0.2, -0.15) is 0 Å². The third kappa shape index (κ3) is 3.66. The Bertz CT molecular complexity index is 372. The van der Waals surface area contributed by atoms with Gasteiger partial charge in [0.05, 0.1) is 0 Å². The molecule has 0 saturated heterocycles. The second-order valence-electron chi connectivity index (χ2n) is 4.34. The van der Waals surface area contributed by atoms with Crippen LogP contribution in [0.3, 0.4) is 0 Å². The maximum absolute atomic E-state index is 11.8. The first kappa shape index (κ1) is 12.7. The van der Waals surface area contributed by atoms with Crippen molar-refractivity contribution in [2.45, 2.75) is 33.2 Å². The molecule has 0 radical (unpaired) electrons. The van der Waals surface area contributed by atoms with E-state index < -0.39 is 0 Å². The Labute approximate surface area is 97.0 Å². The zero-order valence-corrected chi connectivity index (χ0v) is 10.2. The number of benzene rings is 1. The number of nitrogens with one attached hydrogen (secondary N) is 1. The summed E-state index contributed by atoms with van der Waals surface area (Å²) in [7, 11) is 0. The minimum Gasteiger partial charge on any atom is -0.352 e. The van der Waals surface area contributed by atoms with Crippen molar-refractivity contribution in [2.75, 3.05) is 6.54 Å². The number of nitrogens with two attached hydrogens (primary N) is 1. The van der Waals surface area contributed by atoms with Crippen LogP contribution < -0.4 is 11.1 Å². The van der Waals surface area contributed by atoms with Gasteiger partial charge < -0.3 is 11.1 Å². The molecule has 3 nitrogen and oxygen atoms in total. The number of hydrogen-bond donors (Lipinski definition) is 2. The summed E-state index contributed by atoms with van der Waals surface area (Å²) in [6, 6.07) is 5.96. The van der Waals surface area contributed by atoms with Crippen molar-refractivity contribution in [3.05, 3.63) is 34.9 Å². The fourth-order valence-electron chi connectivity index (χ4n) is 1.58. The summed E-state index contributed by atoms with van der Waals surface area (Å²) in [5.41, 5.74) is 8.54. The molecule has 0 spiro atoms. The molecule has 1 aromatic rings. The predicted molar refractivity (Wildman–Crippen MR) is 66.5 cm³/mol. The van der Waals surface area contributed by atoms with Crippen LogP contribution in [0.25, 0.3) is 0 Å². The molecule has 1 unspecified atom stereocenters. The van der Waals surface area contributed by atoms with Crippen molar-refractivity contribution in [1.29, 1.82) is 0 Å². The Morgan fingerprint density at radius 1 is 1.44 bits per heavy atom. The molecule has 0 aromatic heterocycles. The maximum Gasteiger partial charge on any atom is 0.251 e. The highest BCUT2D eigenvalue weighted by Gasteiger charge is 2.08. The monoisotopic (exact) mass is 220 g/mol. The van der Waals surface area contributed by atoms with Gasteiger partial charge in [-0.3, -0.25) is 4.79 Å². The first-order valence-corrected chi connectivity index (χ1v) is 5.61. The predicted octanol–water partition coefficient (Wildman–Crippen LogP) is 1.77. The van der Waals surface area contributed by atoms with Gasteiger partial charge in [-0.1, -0.05) is 17.7 Å². The highest BCUT2D eigenvalue weighted by molar-refractivity contribution is 5.95. The minimum absolute atomic E-state index is 0.0156. The number of amides is 1. The van der Waals surface area contributed by atoms with Crippen LogP contribution >= 0.6 is 0 Å². The topological polar surface area (TPSA) is 55.1 Å². The molecule has 0 fully saturated rings. The first-order chi connectivity index (χ1) is 7.50. The van der Waals surface area contributed by atoms with E-state index in [1.165, 1.54) is 5.56 Å². The number of hydrogen-bond acceptors (Lipinski definition) is 2. The molecule has 1 rings (SSSR count). The number of carbonyl (C=O) groups is 1. The van der Waals surface area contributed by atoms with Crippen LogP contribution in [-0.2, 0) is 0 Å². The number of carbonyl (C=O) groups excluding carboxylic acids is 1. The second kappa shape index (κ2) is 5.66. The van der Waals surface area contributed by atoms with E-state index in [2.05, 4.69) is 5.32 Å². The summed E-state index contributed by atoms with van der Waals surface area (Å²) in [6.07, 6.45) is 0.802. The van der Waals surface area contributed by atoms with Gasteiger partial charge in [0.25, 0.3) is 5.91 Å². The summed E-state index contributed by atoms with van der Waals surface area (Å²) < 4.78 is 0. The van der Waals surface area contributed by atoms with E-state index >= 15 is 0 Å². The van der Waals surface area contributed by atoms with E-state index in [1.807, 2.05) is 39.0 Å². The van der Waals surface area contributed by atoms with E-state index in [1.54, 1.807) is 0 Å². The fraction of sp³-hybridized carbons (Fsp3) is 0.462. The Morgan fingerprint density at radius 3 is 2.69 bits per heavy atom. The average Bonchev–Trinajstić information content (AvgIpc) is 2.16. The van der Waals surface area contributed by atoms with Crippen molar-refractivity contribution >= 4 is 5.91 Å². The van der Waals surface area contributed by atoms with Crippen LogP contribution in [-0.4, -0.2) is 18.5 Å². The molecule has 0 aliphatic rings. The van der Waals surface area contributed by atoms with E-state index in [-0.39, 0.29) is 11.9 Å². The summed E-state index contributed by atoms with van der Waals surface area (Å²) in [4.78, 5) is 11.8. The average molecular weight is 220 g/mol. The Morgan fingerprint density at radius 2 is 2.12 bits per heavy atom. The van der Waals surface area contributed by atoms with Crippen LogP contribution in [0.1, 0.15) is 34.8 Å². The van der Waals surface area contributed by atoms with Gasteiger partial charge in [0, 0.05) is 18.2 Å². The molecule has 1 aromatic carbocycles. The zero-order chi connectivity index (χ0) is 12.1. The van der Waals surface area contributed by atoms with Gasteiger partial charge in [-0.15, -0.1) is 0 Å². The van der Waals surface area contributed by atoms with Crippen molar-refractivity contribution in [3.63, 3.8) is 0 Å². The van der Waals surface area contributed by atoms with Crippen molar-refractivity contribution in [2.24, 2.45) is 5.73 Å². The Kier molecular flexibility index (Phi) is 4.50. The lowest BCUT2D eigenvalue weighted by Crippen LogP contribution is -2.29. The standard InChI is InChI=1S/C13H20N2O/c1-9-4-5-12(10(2)8-9)13(16)15-7-6-11(3)14/h4-5,8,11H,6-7,14H2,1-3H3,(H,15,16). The first-order valence-electron chi connectivity index (χ1n) is 5.61. The van der Waals surface area contributed by atoms with Gasteiger partial charge in [-0.05, 0) is 38.8 Å². The van der Waals surface area contributed by atoms with Gasteiger partial charge in [0.1, 0.15) is 0 Å². The summed E-state index contributed by atoms with van der Waals surface area (Å²) in [5, 5.41) is 2.87.